The summed E-state index contributed by atoms with van der Waals surface area (Å²) in [5, 5.41) is 2.48. The van der Waals surface area contributed by atoms with Crippen molar-refractivity contribution in [3.05, 3.63) is 273 Å². The third-order valence-electron chi connectivity index (χ3n) is 15.7. The summed E-state index contributed by atoms with van der Waals surface area (Å²) in [6, 6.07) is 76.6. The maximum Gasteiger partial charge on any atom is 0.0466 e. The Morgan fingerprint density at radius 1 is 0.284 bits per heavy atom. The smallest absolute Gasteiger partial charge is 0.0466 e. The second kappa shape index (κ2) is 18.2. The van der Waals surface area contributed by atoms with Gasteiger partial charge in [-0.05, 0) is 200 Å². The molecule has 0 radical (unpaired) electrons. The van der Waals surface area contributed by atoms with Gasteiger partial charge in [-0.2, -0.15) is 0 Å². The van der Waals surface area contributed by atoms with Crippen molar-refractivity contribution in [1.82, 2.24) is 0 Å². The zero-order chi connectivity index (χ0) is 50.9. The maximum absolute atomic E-state index is 2.42. The van der Waals surface area contributed by atoms with Gasteiger partial charge < -0.3 is 9.80 Å². The minimum atomic E-state index is -0.177. The summed E-state index contributed by atoms with van der Waals surface area (Å²) in [4.78, 5) is 4.79. The first kappa shape index (κ1) is 46.6. The zero-order valence-corrected chi connectivity index (χ0v) is 43.8. The first-order valence-corrected chi connectivity index (χ1v) is 26.1. The lowest BCUT2D eigenvalue weighted by Crippen LogP contribution is -2.16. The Morgan fingerprint density at radius 3 is 1.00 bits per heavy atom. The van der Waals surface area contributed by atoms with Gasteiger partial charge in [0.15, 0.2) is 0 Å². The molecule has 0 atom stereocenters. The average Bonchev–Trinajstić information content (AvgIpc) is 3.76. The van der Waals surface area contributed by atoms with Crippen molar-refractivity contribution in [3.63, 3.8) is 0 Å². The Hall–Kier alpha value is -8.46. The Balaban J connectivity index is 0.808. The fourth-order valence-corrected chi connectivity index (χ4v) is 12.2. The van der Waals surface area contributed by atoms with E-state index in [1.54, 1.807) is 0 Å². The monoisotopic (exact) mass is 954 g/mol. The highest BCUT2D eigenvalue weighted by molar-refractivity contribution is 5.99. The Morgan fingerprint density at radius 2 is 0.622 bits per heavy atom. The van der Waals surface area contributed by atoms with E-state index in [-0.39, 0.29) is 10.8 Å². The fraction of sp³-hybridized carbons (Fsp3) is 0.139. The minimum Gasteiger partial charge on any atom is -0.310 e. The normalized spacial score (nSPS) is 13.8. The molecule has 10 aromatic rings. The number of rotatable bonds is 10. The molecule has 2 heteroatoms. The molecule has 0 amide bonds. The molecule has 2 aliphatic carbocycles. The van der Waals surface area contributed by atoms with Crippen molar-refractivity contribution in [3.8, 4) is 22.3 Å². The van der Waals surface area contributed by atoms with Crippen molar-refractivity contribution >= 4 is 69.2 Å². The van der Waals surface area contributed by atoms with Gasteiger partial charge in [-0.15, -0.1) is 0 Å². The molecule has 0 N–H and O–H groups in total. The lowest BCUT2D eigenvalue weighted by molar-refractivity contribution is 0.660. The van der Waals surface area contributed by atoms with Crippen LogP contribution in [-0.2, 0) is 10.8 Å². The van der Waals surface area contributed by atoms with Gasteiger partial charge in [-0.1, -0.05) is 185 Å². The molecule has 2 nitrogen and oxygen atoms in total. The predicted molar refractivity (Wildman–Crippen MR) is 318 cm³/mol. The van der Waals surface area contributed by atoms with Gasteiger partial charge in [-0.3, -0.25) is 0 Å². The van der Waals surface area contributed by atoms with Crippen molar-refractivity contribution in [1.29, 1.82) is 0 Å². The van der Waals surface area contributed by atoms with Gasteiger partial charge in [0.1, 0.15) is 0 Å². The molecule has 0 saturated heterocycles. The number of nitrogens with zero attached hydrogens (tertiary/aromatic N) is 2. The number of fused-ring (bicyclic) bond motifs is 7. The summed E-state index contributed by atoms with van der Waals surface area (Å²) in [6.45, 7) is 18.2. The van der Waals surface area contributed by atoms with E-state index in [1.807, 2.05) is 0 Å². The van der Waals surface area contributed by atoms with Crippen molar-refractivity contribution < 1.29 is 0 Å². The van der Waals surface area contributed by atoms with Crippen LogP contribution >= 0.6 is 0 Å². The van der Waals surface area contributed by atoms with Crippen LogP contribution in [0.15, 0.2) is 206 Å². The van der Waals surface area contributed by atoms with E-state index in [0.717, 1.165) is 11.4 Å². The highest BCUT2D eigenvalue weighted by Gasteiger charge is 2.38. The average molecular weight is 955 g/mol. The second-order valence-electron chi connectivity index (χ2n) is 21.8. The molecule has 360 valence electrons. The summed E-state index contributed by atoms with van der Waals surface area (Å²) in [5.41, 5.74) is 27.2. The van der Waals surface area contributed by atoms with Gasteiger partial charge in [-0.25, -0.2) is 0 Å². The van der Waals surface area contributed by atoms with E-state index < -0.39 is 0 Å². The van der Waals surface area contributed by atoms with Gasteiger partial charge in [0.25, 0.3) is 0 Å². The highest BCUT2D eigenvalue weighted by atomic mass is 15.1. The molecular weight excluding hydrogens is 893 g/mol. The van der Waals surface area contributed by atoms with Crippen LogP contribution in [0.4, 0.5) is 34.1 Å². The molecule has 12 rings (SSSR count). The Bertz CT molecular complexity index is 3590. The summed E-state index contributed by atoms with van der Waals surface area (Å²) in [7, 11) is 0. The standard InChI is InChI=1S/C72H62N2/c1-47-37-48(2)40-59(39-47)73(55-17-11-9-12-18-55)57-31-35-65-63-33-25-51(43-67(63)71(5,6)69(65)45-57)23-27-53-29-30-54(62-22-16-15-21-61(53)62)28-24-52-26-34-64-66-36-32-58(46-70(66)72(7,8)68(64)44-52)74(56-19-13-10-14-20-56)60-41-49(3)38-50(4)42-60/h9-46H,1-8H3. The molecule has 0 unspecified atom stereocenters. The van der Waals surface area contributed by atoms with Crippen LogP contribution in [-0.4, -0.2) is 0 Å². The molecular formula is C72H62N2. The lowest BCUT2D eigenvalue weighted by Gasteiger charge is -2.28. The van der Waals surface area contributed by atoms with Crippen LogP contribution in [0.2, 0.25) is 0 Å². The lowest BCUT2D eigenvalue weighted by atomic mass is 9.81. The largest absolute Gasteiger partial charge is 0.310 e. The number of hydrogen-bond acceptors (Lipinski definition) is 2. The number of benzene rings is 10. The summed E-state index contributed by atoms with van der Waals surface area (Å²) in [5.74, 6) is 0. The second-order valence-corrected chi connectivity index (χ2v) is 21.8. The van der Waals surface area contributed by atoms with E-state index >= 15 is 0 Å². The first-order chi connectivity index (χ1) is 35.8. The molecule has 0 fully saturated rings. The van der Waals surface area contributed by atoms with Gasteiger partial charge in [0, 0.05) is 45.0 Å². The number of para-hydroxylation sites is 2. The molecule has 0 saturated carbocycles. The molecule has 0 aromatic heterocycles. The Kier molecular flexibility index (Phi) is 11.5. The molecule has 0 spiro atoms. The van der Waals surface area contributed by atoms with Crippen molar-refractivity contribution in [2.45, 2.75) is 66.2 Å². The molecule has 0 aliphatic heterocycles. The van der Waals surface area contributed by atoms with E-state index in [1.165, 1.54) is 123 Å². The van der Waals surface area contributed by atoms with Crippen LogP contribution in [0.5, 0.6) is 0 Å². The SMILES string of the molecule is Cc1cc(C)cc(N(c2ccccc2)c2ccc3c(c2)C(C)(C)c2cc(C=Cc4ccc(C=Cc5ccc6c(c5)C(C)(C)c5cc(N(c7ccccc7)c7cc(C)cc(C)c7)ccc5-6)c5ccccc45)ccc2-3)c1. The van der Waals surface area contributed by atoms with Crippen LogP contribution in [0.3, 0.4) is 0 Å². The third-order valence-corrected chi connectivity index (χ3v) is 15.7. The van der Waals surface area contributed by atoms with E-state index in [0.29, 0.717) is 0 Å². The van der Waals surface area contributed by atoms with Gasteiger partial charge >= 0.3 is 0 Å². The number of hydrogen-bond donors (Lipinski definition) is 0. The van der Waals surface area contributed by atoms with Gasteiger partial charge in [0.05, 0.1) is 0 Å². The summed E-state index contributed by atoms with van der Waals surface area (Å²) < 4.78 is 0. The van der Waals surface area contributed by atoms with Crippen LogP contribution < -0.4 is 9.80 Å². The molecule has 2 aliphatic rings. The number of aryl methyl sites for hydroxylation is 4. The Labute approximate surface area is 438 Å². The summed E-state index contributed by atoms with van der Waals surface area (Å²) in [6.07, 6.45) is 9.16. The van der Waals surface area contributed by atoms with E-state index in [2.05, 4.69) is 296 Å². The van der Waals surface area contributed by atoms with Crippen molar-refractivity contribution in [2.24, 2.45) is 0 Å². The van der Waals surface area contributed by atoms with Crippen LogP contribution in [0.1, 0.15) is 94.5 Å². The summed E-state index contributed by atoms with van der Waals surface area (Å²) >= 11 is 0. The third kappa shape index (κ3) is 8.25. The zero-order valence-electron chi connectivity index (χ0n) is 43.8. The van der Waals surface area contributed by atoms with Crippen LogP contribution in [0.25, 0.3) is 57.3 Å². The minimum absolute atomic E-state index is 0.177. The van der Waals surface area contributed by atoms with Gasteiger partial charge in [0.2, 0.25) is 0 Å². The number of anilines is 6. The van der Waals surface area contributed by atoms with Crippen LogP contribution in [0, 0.1) is 27.7 Å². The molecule has 0 bridgehead atoms. The topological polar surface area (TPSA) is 6.48 Å². The quantitative estimate of drug-likeness (QED) is 0.126. The molecule has 0 heterocycles. The predicted octanol–water partition coefficient (Wildman–Crippen LogP) is 20.0. The van der Waals surface area contributed by atoms with E-state index in [9.17, 15) is 0 Å². The first-order valence-electron chi connectivity index (χ1n) is 26.1. The molecule has 74 heavy (non-hydrogen) atoms. The highest BCUT2D eigenvalue weighted by Crippen LogP contribution is 2.53. The molecule has 10 aromatic carbocycles. The van der Waals surface area contributed by atoms with E-state index in [4.69, 9.17) is 0 Å². The fourth-order valence-electron chi connectivity index (χ4n) is 12.2. The maximum atomic E-state index is 2.42. The van der Waals surface area contributed by atoms with Crippen molar-refractivity contribution in [2.75, 3.05) is 9.80 Å².